The Morgan fingerprint density at radius 1 is 1.38 bits per heavy atom. The molecule has 0 radical (unpaired) electrons. The molecule has 0 aromatic heterocycles. The predicted octanol–water partition coefficient (Wildman–Crippen LogP) is 2.16. The van der Waals surface area contributed by atoms with Crippen molar-refractivity contribution in [2.45, 2.75) is 64.8 Å². The summed E-state index contributed by atoms with van der Waals surface area (Å²) >= 11 is 0. The Labute approximate surface area is 127 Å². The van der Waals surface area contributed by atoms with E-state index < -0.39 is 11.5 Å². The molecule has 0 saturated carbocycles. The summed E-state index contributed by atoms with van der Waals surface area (Å²) in [5, 5.41) is 15.3. The van der Waals surface area contributed by atoms with Crippen LogP contribution in [-0.4, -0.2) is 35.6 Å². The lowest BCUT2D eigenvalue weighted by Gasteiger charge is -2.29. The van der Waals surface area contributed by atoms with E-state index >= 15 is 0 Å². The molecule has 0 aromatic carbocycles. The normalized spacial score (nSPS) is 23.2. The summed E-state index contributed by atoms with van der Waals surface area (Å²) in [6, 6.07) is 0. The largest absolute Gasteiger partial charge is 0.481 e. The number of amides is 1. The molecule has 2 atom stereocenters. The number of aliphatic carboxylic acids is 1. The van der Waals surface area contributed by atoms with Crippen LogP contribution in [0.4, 0.5) is 0 Å². The standard InChI is InChI=1S/C16H30N2O3/c1-4-6-16(7-5-8-18-16)15(21)17-11-13(9-12(2)3)10-14(19)20/h12-13,18H,4-11H2,1-3H3,(H,17,21)(H,19,20)/t13-,16?/m0/s1. The van der Waals surface area contributed by atoms with Crippen LogP contribution in [0.5, 0.6) is 0 Å². The number of hydrogen-bond acceptors (Lipinski definition) is 3. The molecule has 0 bridgehead atoms. The Morgan fingerprint density at radius 2 is 2.10 bits per heavy atom. The first-order chi connectivity index (χ1) is 9.89. The van der Waals surface area contributed by atoms with Gasteiger partial charge in [0.25, 0.3) is 0 Å². The van der Waals surface area contributed by atoms with Crippen LogP contribution in [0.2, 0.25) is 0 Å². The molecule has 1 saturated heterocycles. The minimum Gasteiger partial charge on any atom is -0.481 e. The molecule has 0 aliphatic carbocycles. The van der Waals surface area contributed by atoms with E-state index in [0.29, 0.717) is 12.5 Å². The Balaban J connectivity index is 2.56. The van der Waals surface area contributed by atoms with Crippen LogP contribution >= 0.6 is 0 Å². The van der Waals surface area contributed by atoms with Gasteiger partial charge in [0.15, 0.2) is 0 Å². The van der Waals surface area contributed by atoms with Crippen LogP contribution in [0.1, 0.15) is 59.3 Å². The fourth-order valence-electron chi connectivity index (χ4n) is 3.31. The molecule has 122 valence electrons. The molecule has 1 heterocycles. The van der Waals surface area contributed by atoms with Gasteiger partial charge in [-0.2, -0.15) is 0 Å². The molecule has 5 heteroatoms. The van der Waals surface area contributed by atoms with Crippen molar-refractivity contribution < 1.29 is 14.7 Å². The van der Waals surface area contributed by atoms with Gasteiger partial charge in [0.05, 0.1) is 5.54 Å². The Kier molecular flexibility index (Phi) is 7.15. The van der Waals surface area contributed by atoms with E-state index in [2.05, 4.69) is 31.4 Å². The molecule has 21 heavy (non-hydrogen) atoms. The van der Waals surface area contributed by atoms with Crippen LogP contribution in [0.15, 0.2) is 0 Å². The summed E-state index contributed by atoms with van der Waals surface area (Å²) in [6.45, 7) is 7.58. The van der Waals surface area contributed by atoms with Gasteiger partial charge in [-0.3, -0.25) is 9.59 Å². The number of carbonyl (C=O) groups excluding carboxylic acids is 1. The highest BCUT2D eigenvalue weighted by Crippen LogP contribution is 2.25. The SMILES string of the molecule is CCCC1(C(=O)NC[C@H](CC(=O)O)CC(C)C)CCCN1. The van der Waals surface area contributed by atoms with E-state index in [9.17, 15) is 9.59 Å². The van der Waals surface area contributed by atoms with Crippen molar-refractivity contribution in [3.05, 3.63) is 0 Å². The predicted molar refractivity (Wildman–Crippen MR) is 83.1 cm³/mol. The third-order valence-corrected chi connectivity index (χ3v) is 4.17. The average molecular weight is 298 g/mol. The van der Waals surface area contributed by atoms with Gasteiger partial charge in [0.2, 0.25) is 5.91 Å². The average Bonchev–Trinajstić information content (AvgIpc) is 2.84. The summed E-state index contributed by atoms with van der Waals surface area (Å²) in [7, 11) is 0. The fraction of sp³-hybridized carbons (Fsp3) is 0.875. The van der Waals surface area contributed by atoms with E-state index in [0.717, 1.165) is 38.6 Å². The van der Waals surface area contributed by atoms with Crippen molar-refractivity contribution >= 4 is 11.9 Å². The molecule has 3 N–H and O–H groups in total. The number of carboxylic acids is 1. The van der Waals surface area contributed by atoms with Crippen LogP contribution < -0.4 is 10.6 Å². The Morgan fingerprint density at radius 3 is 2.57 bits per heavy atom. The number of carbonyl (C=O) groups is 2. The zero-order valence-corrected chi connectivity index (χ0v) is 13.6. The van der Waals surface area contributed by atoms with Crippen LogP contribution in [0.3, 0.4) is 0 Å². The van der Waals surface area contributed by atoms with E-state index in [-0.39, 0.29) is 18.2 Å². The lowest BCUT2D eigenvalue weighted by Crippen LogP contribution is -2.54. The smallest absolute Gasteiger partial charge is 0.303 e. The van der Waals surface area contributed by atoms with Crippen molar-refractivity contribution in [3.63, 3.8) is 0 Å². The maximum absolute atomic E-state index is 12.5. The molecular weight excluding hydrogens is 268 g/mol. The third-order valence-electron chi connectivity index (χ3n) is 4.17. The molecule has 1 unspecified atom stereocenters. The molecular formula is C16H30N2O3. The highest BCUT2D eigenvalue weighted by molar-refractivity contribution is 5.86. The lowest BCUT2D eigenvalue weighted by atomic mass is 9.89. The van der Waals surface area contributed by atoms with Gasteiger partial charge in [-0.05, 0) is 44.1 Å². The summed E-state index contributed by atoms with van der Waals surface area (Å²) < 4.78 is 0. The Bertz CT molecular complexity index is 349. The molecule has 1 aliphatic heterocycles. The van der Waals surface area contributed by atoms with E-state index in [4.69, 9.17) is 5.11 Å². The van der Waals surface area contributed by atoms with Crippen molar-refractivity contribution in [1.29, 1.82) is 0 Å². The molecule has 1 amide bonds. The zero-order valence-electron chi connectivity index (χ0n) is 13.6. The van der Waals surface area contributed by atoms with Gasteiger partial charge in [0.1, 0.15) is 0 Å². The highest BCUT2D eigenvalue weighted by Gasteiger charge is 2.39. The minimum atomic E-state index is -0.794. The second-order valence-electron chi connectivity index (χ2n) is 6.67. The quantitative estimate of drug-likeness (QED) is 0.609. The Hall–Kier alpha value is -1.10. The van der Waals surface area contributed by atoms with Crippen molar-refractivity contribution in [1.82, 2.24) is 10.6 Å². The summed E-state index contributed by atoms with van der Waals surface area (Å²) in [4.78, 5) is 23.4. The molecule has 5 nitrogen and oxygen atoms in total. The minimum absolute atomic E-state index is 0.00605. The van der Waals surface area contributed by atoms with Crippen molar-refractivity contribution in [2.24, 2.45) is 11.8 Å². The van der Waals surface area contributed by atoms with Gasteiger partial charge in [-0.25, -0.2) is 0 Å². The number of carboxylic acid groups (broad SMARTS) is 1. The van der Waals surface area contributed by atoms with E-state index in [1.54, 1.807) is 0 Å². The second kappa shape index (κ2) is 8.37. The molecule has 1 rings (SSSR count). The topological polar surface area (TPSA) is 78.4 Å². The molecule has 1 aliphatic rings. The summed E-state index contributed by atoms with van der Waals surface area (Å²) in [5.74, 6) is -0.315. The van der Waals surface area contributed by atoms with Crippen molar-refractivity contribution in [2.75, 3.05) is 13.1 Å². The van der Waals surface area contributed by atoms with Gasteiger partial charge < -0.3 is 15.7 Å². The van der Waals surface area contributed by atoms with Gasteiger partial charge in [0, 0.05) is 13.0 Å². The van der Waals surface area contributed by atoms with Gasteiger partial charge in [-0.1, -0.05) is 27.2 Å². The van der Waals surface area contributed by atoms with Crippen molar-refractivity contribution in [3.8, 4) is 0 Å². The van der Waals surface area contributed by atoms with Gasteiger partial charge in [-0.15, -0.1) is 0 Å². The third kappa shape index (κ3) is 5.65. The number of hydrogen-bond donors (Lipinski definition) is 3. The summed E-state index contributed by atoms with van der Waals surface area (Å²) in [6.07, 6.45) is 4.64. The molecule has 0 spiro atoms. The van der Waals surface area contributed by atoms with E-state index in [1.807, 2.05) is 0 Å². The maximum atomic E-state index is 12.5. The monoisotopic (exact) mass is 298 g/mol. The first kappa shape index (κ1) is 18.0. The highest BCUT2D eigenvalue weighted by atomic mass is 16.4. The maximum Gasteiger partial charge on any atom is 0.303 e. The van der Waals surface area contributed by atoms with E-state index in [1.165, 1.54) is 0 Å². The van der Waals surface area contributed by atoms with Gasteiger partial charge >= 0.3 is 5.97 Å². The molecule has 1 fully saturated rings. The van der Waals surface area contributed by atoms with Crippen LogP contribution in [-0.2, 0) is 9.59 Å². The second-order valence-corrected chi connectivity index (χ2v) is 6.67. The zero-order chi connectivity index (χ0) is 15.9. The summed E-state index contributed by atoms with van der Waals surface area (Å²) in [5.41, 5.74) is -0.430. The molecule has 0 aromatic rings. The van der Waals surface area contributed by atoms with Crippen LogP contribution in [0.25, 0.3) is 0 Å². The fourth-order valence-corrected chi connectivity index (χ4v) is 3.31. The number of rotatable bonds is 9. The first-order valence-corrected chi connectivity index (χ1v) is 8.14. The first-order valence-electron chi connectivity index (χ1n) is 8.14. The number of nitrogens with one attached hydrogen (secondary N) is 2. The van der Waals surface area contributed by atoms with Crippen LogP contribution in [0, 0.1) is 11.8 Å². The lowest BCUT2D eigenvalue weighted by molar-refractivity contribution is -0.138.